The molecule has 0 saturated carbocycles. The van der Waals surface area contributed by atoms with Gasteiger partial charge < -0.3 is 14.8 Å². The van der Waals surface area contributed by atoms with E-state index >= 15 is 0 Å². The first-order valence-electron chi connectivity index (χ1n) is 7.20. The molecule has 0 spiro atoms. The molecule has 0 fully saturated rings. The highest BCUT2D eigenvalue weighted by Crippen LogP contribution is 2.27. The van der Waals surface area contributed by atoms with E-state index in [2.05, 4.69) is 24.2 Å². The van der Waals surface area contributed by atoms with Gasteiger partial charge in [0.2, 0.25) is 0 Å². The van der Waals surface area contributed by atoms with Crippen LogP contribution in [0.1, 0.15) is 32.4 Å². The molecule has 0 bridgehead atoms. The van der Waals surface area contributed by atoms with Gasteiger partial charge in [-0.05, 0) is 24.6 Å². The number of halogens is 1. The van der Waals surface area contributed by atoms with Crippen molar-refractivity contribution in [2.45, 2.75) is 26.9 Å². The SMILES string of the molecule is CCOC(C1=NCC(C)(C)CN1)c1ccc(OC)c(F)c1. The Labute approximate surface area is 125 Å². The van der Waals surface area contributed by atoms with Crippen molar-refractivity contribution in [3.05, 3.63) is 29.6 Å². The Morgan fingerprint density at radius 3 is 2.71 bits per heavy atom. The van der Waals surface area contributed by atoms with E-state index in [1.165, 1.54) is 13.2 Å². The summed E-state index contributed by atoms with van der Waals surface area (Å²) in [5, 5.41) is 3.31. The lowest BCUT2D eigenvalue weighted by atomic mass is 9.92. The average molecular weight is 294 g/mol. The molecule has 0 aromatic heterocycles. The van der Waals surface area contributed by atoms with Gasteiger partial charge in [-0.1, -0.05) is 19.9 Å². The molecule has 1 unspecified atom stereocenters. The van der Waals surface area contributed by atoms with Crippen molar-refractivity contribution >= 4 is 5.84 Å². The number of rotatable bonds is 5. The summed E-state index contributed by atoms with van der Waals surface area (Å²) >= 11 is 0. The Morgan fingerprint density at radius 1 is 1.43 bits per heavy atom. The number of ether oxygens (including phenoxy) is 2. The quantitative estimate of drug-likeness (QED) is 0.908. The van der Waals surface area contributed by atoms with Crippen LogP contribution in [-0.2, 0) is 4.74 Å². The minimum absolute atomic E-state index is 0.130. The standard InChI is InChI=1S/C16H23FN2O2/c1-5-21-14(15-18-9-16(2,3)10-19-15)11-6-7-13(20-4)12(17)8-11/h6-8,14H,5,9-10H2,1-4H3,(H,18,19). The van der Waals surface area contributed by atoms with E-state index in [1.54, 1.807) is 6.07 Å². The third-order valence-corrected chi connectivity index (χ3v) is 3.49. The summed E-state index contributed by atoms with van der Waals surface area (Å²) in [6.07, 6.45) is -0.369. The third kappa shape index (κ3) is 3.73. The van der Waals surface area contributed by atoms with Gasteiger partial charge in [0, 0.05) is 25.1 Å². The zero-order valence-electron chi connectivity index (χ0n) is 13.1. The molecule has 1 heterocycles. The molecule has 0 amide bonds. The molecular weight excluding hydrogens is 271 g/mol. The van der Waals surface area contributed by atoms with Crippen molar-refractivity contribution in [3.8, 4) is 5.75 Å². The second-order valence-corrected chi connectivity index (χ2v) is 5.95. The Balaban J connectivity index is 2.27. The lowest BCUT2D eigenvalue weighted by molar-refractivity contribution is 0.105. The van der Waals surface area contributed by atoms with Gasteiger partial charge in [0.05, 0.1) is 7.11 Å². The summed E-state index contributed by atoms with van der Waals surface area (Å²) in [6, 6.07) is 4.87. The van der Waals surface area contributed by atoms with Crippen LogP contribution in [0.3, 0.4) is 0 Å². The molecule has 116 valence electrons. The average Bonchev–Trinajstić information content (AvgIpc) is 2.45. The summed E-state index contributed by atoms with van der Waals surface area (Å²) in [7, 11) is 1.45. The molecule has 0 radical (unpaired) electrons. The van der Waals surface area contributed by atoms with Crippen molar-refractivity contribution in [2.24, 2.45) is 10.4 Å². The van der Waals surface area contributed by atoms with Crippen LogP contribution in [0.4, 0.5) is 4.39 Å². The molecule has 21 heavy (non-hydrogen) atoms. The second kappa shape index (κ2) is 6.43. The maximum Gasteiger partial charge on any atom is 0.165 e. The molecule has 4 nitrogen and oxygen atoms in total. The zero-order valence-corrected chi connectivity index (χ0v) is 13.1. The van der Waals surface area contributed by atoms with Gasteiger partial charge in [-0.15, -0.1) is 0 Å². The summed E-state index contributed by atoms with van der Waals surface area (Å²) in [5.41, 5.74) is 0.868. The van der Waals surface area contributed by atoms with Crippen LogP contribution < -0.4 is 10.1 Å². The van der Waals surface area contributed by atoms with Crippen molar-refractivity contribution in [3.63, 3.8) is 0 Å². The third-order valence-electron chi connectivity index (χ3n) is 3.49. The number of hydrogen-bond acceptors (Lipinski definition) is 4. The first-order valence-corrected chi connectivity index (χ1v) is 7.20. The van der Waals surface area contributed by atoms with Gasteiger partial charge in [-0.25, -0.2) is 4.39 Å². The number of benzene rings is 1. The largest absolute Gasteiger partial charge is 0.494 e. The molecule has 1 aliphatic heterocycles. The van der Waals surface area contributed by atoms with Crippen molar-refractivity contribution < 1.29 is 13.9 Å². The van der Waals surface area contributed by atoms with Crippen molar-refractivity contribution in [1.29, 1.82) is 0 Å². The molecule has 1 aromatic rings. The van der Waals surface area contributed by atoms with Gasteiger partial charge >= 0.3 is 0 Å². The fourth-order valence-electron chi connectivity index (χ4n) is 2.26. The Bertz CT molecular complexity index is 529. The monoisotopic (exact) mass is 294 g/mol. The highest BCUT2D eigenvalue weighted by atomic mass is 19.1. The predicted molar refractivity (Wildman–Crippen MR) is 81.4 cm³/mol. The highest BCUT2D eigenvalue weighted by molar-refractivity contribution is 5.88. The first kappa shape index (κ1) is 15.8. The van der Waals surface area contributed by atoms with E-state index in [-0.39, 0.29) is 17.3 Å². The first-order chi connectivity index (χ1) is 9.96. The van der Waals surface area contributed by atoms with Gasteiger partial charge in [-0.2, -0.15) is 0 Å². The minimum atomic E-state index is -0.392. The number of nitrogens with one attached hydrogen (secondary N) is 1. The van der Waals surface area contributed by atoms with Crippen molar-refractivity contribution in [2.75, 3.05) is 26.8 Å². The number of amidine groups is 1. The number of hydrogen-bond donors (Lipinski definition) is 1. The highest BCUT2D eigenvalue weighted by Gasteiger charge is 2.28. The topological polar surface area (TPSA) is 42.8 Å². The molecule has 2 rings (SSSR count). The lowest BCUT2D eigenvalue weighted by Gasteiger charge is -2.32. The summed E-state index contributed by atoms with van der Waals surface area (Å²) in [4.78, 5) is 4.58. The number of methoxy groups -OCH3 is 1. The Kier molecular flexibility index (Phi) is 4.83. The minimum Gasteiger partial charge on any atom is -0.494 e. The maximum absolute atomic E-state index is 13.9. The Hall–Kier alpha value is -1.62. The molecule has 1 aliphatic rings. The summed E-state index contributed by atoms with van der Waals surface area (Å²) in [5.74, 6) is 0.603. The summed E-state index contributed by atoms with van der Waals surface area (Å²) in [6.45, 7) is 8.32. The number of nitrogens with zero attached hydrogens (tertiary/aromatic N) is 1. The van der Waals surface area contributed by atoms with E-state index in [0.29, 0.717) is 6.61 Å². The molecule has 1 aromatic carbocycles. The van der Waals surface area contributed by atoms with Crippen LogP contribution in [0.25, 0.3) is 0 Å². The van der Waals surface area contributed by atoms with Crippen LogP contribution in [0, 0.1) is 11.2 Å². The van der Waals surface area contributed by atoms with Gasteiger partial charge in [-0.3, -0.25) is 4.99 Å². The molecule has 1 N–H and O–H groups in total. The van der Waals surface area contributed by atoms with E-state index in [1.807, 2.05) is 13.0 Å². The van der Waals surface area contributed by atoms with Crippen LogP contribution in [-0.4, -0.2) is 32.6 Å². The summed E-state index contributed by atoms with van der Waals surface area (Å²) < 4.78 is 24.6. The van der Waals surface area contributed by atoms with E-state index in [0.717, 1.165) is 24.5 Å². The fraction of sp³-hybridized carbons (Fsp3) is 0.562. The smallest absolute Gasteiger partial charge is 0.165 e. The van der Waals surface area contributed by atoms with Gasteiger partial charge in [0.25, 0.3) is 0 Å². The zero-order chi connectivity index (χ0) is 15.5. The van der Waals surface area contributed by atoms with Crippen LogP contribution in [0.2, 0.25) is 0 Å². The van der Waals surface area contributed by atoms with Crippen LogP contribution >= 0.6 is 0 Å². The van der Waals surface area contributed by atoms with Gasteiger partial charge in [0.15, 0.2) is 11.6 Å². The maximum atomic E-state index is 13.9. The molecule has 0 saturated heterocycles. The molecule has 0 aliphatic carbocycles. The van der Waals surface area contributed by atoms with E-state index in [4.69, 9.17) is 9.47 Å². The molecular formula is C16H23FN2O2. The Morgan fingerprint density at radius 2 is 2.19 bits per heavy atom. The van der Waals surface area contributed by atoms with E-state index in [9.17, 15) is 4.39 Å². The second-order valence-electron chi connectivity index (χ2n) is 5.95. The van der Waals surface area contributed by atoms with Crippen LogP contribution in [0.15, 0.2) is 23.2 Å². The molecule has 1 atom stereocenters. The normalized spacial score (nSPS) is 18.6. The lowest BCUT2D eigenvalue weighted by Crippen LogP contribution is -2.43. The van der Waals surface area contributed by atoms with E-state index < -0.39 is 5.82 Å². The fourth-order valence-corrected chi connectivity index (χ4v) is 2.26. The molecule has 5 heteroatoms. The van der Waals surface area contributed by atoms with Crippen LogP contribution in [0.5, 0.6) is 5.75 Å². The van der Waals surface area contributed by atoms with Crippen molar-refractivity contribution in [1.82, 2.24) is 5.32 Å². The predicted octanol–water partition coefficient (Wildman–Crippen LogP) is 2.94. The number of aliphatic imine (C=N–C) groups is 1. The van der Waals surface area contributed by atoms with Gasteiger partial charge in [0.1, 0.15) is 11.9 Å².